The summed E-state index contributed by atoms with van der Waals surface area (Å²) >= 11 is 2.03. The fourth-order valence-electron chi connectivity index (χ4n) is 4.57. The first-order valence-corrected chi connectivity index (χ1v) is 12.3. The number of aliphatic carboxylic acids is 1. The molecule has 1 saturated carbocycles. The normalized spacial score (nSPS) is 23.0. The summed E-state index contributed by atoms with van der Waals surface area (Å²) in [5.41, 5.74) is 1.64. The highest BCUT2D eigenvalue weighted by molar-refractivity contribution is 8.00. The molecule has 2 fully saturated rings. The van der Waals surface area contributed by atoms with Gasteiger partial charge in [0.2, 0.25) is 0 Å². The minimum Gasteiger partial charge on any atom is -0.497 e. The second-order valence-corrected chi connectivity index (χ2v) is 10.1. The van der Waals surface area contributed by atoms with Crippen LogP contribution in [0.5, 0.6) is 5.75 Å². The number of hydrogen-bond acceptors (Lipinski definition) is 6. The summed E-state index contributed by atoms with van der Waals surface area (Å²) in [4.78, 5) is 18.6. The van der Waals surface area contributed by atoms with Crippen LogP contribution in [0.1, 0.15) is 43.8 Å². The molecule has 0 amide bonds. The number of likely N-dealkylation sites (tertiary alicyclic amines) is 1. The van der Waals surface area contributed by atoms with Crippen molar-refractivity contribution in [3.8, 4) is 5.75 Å². The highest BCUT2D eigenvalue weighted by Gasteiger charge is 2.34. The fourth-order valence-corrected chi connectivity index (χ4v) is 5.74. The van der Waals surface area contributed by atoms with Crippen molar-refractivity contribution in [1.29, 1.82) is 0 Å². The van der Waals surface area contributed by atoms with Crippen molar-refractivity contribution >= 4 is 28.6 Å². The van der Waals surface area contributed by atoms with E-state index in [9.17, 15) is 15.0 Å². The van der Waals surface area contributed by atoms with E-state index in [0.29, 0.717) is 19.4 Å². The number of carboxylic acid groups (broad SMARTS) is 1. The van der Waals surface area contributed by atoms with Crippen molar-refractivity contribution in [3.05, 3.63) is 36.0 Å². The summed E-state index contributed by atoms with van der Waals surface area (Å²) in [5, 5.41) is 22.5. The largest absolute Gasteiger partial charge is 0.497 e. The third kappa shape index (κ3) is 5.70. The number of aliphatic hydroxyl groups is 1. The van der Waals surface area contributed by atoms with Gasteiger partial charge in [-0.3, -0.25) is 9.78 Å². The minimum absolute atomic E-state index is 0.0992. The van der Waals surface area contributed by atoms with E-state index in [1.807, 2.05) is 36.0 Å². The van der Waals surface area contributed by atoms with E-state index in [1.165, 1.54) is 12.8 Å². The molecule has 2 aromatic rings. The van der Waals surface area contributed by atoms with Gasteiger partial charge >= 0.3 is 5.97 Å². The lowest BCUT2D eigenvalue weighted by Gasteiger charge is -2.37. The van der Waals surface area contributed by atoms with Gasteiger partial charge in [0.25, 0.3) is 0 Å². The Labute approximate surface area is 188 Å². The van der Waals surface area contributed by atoms with Crippen LogP contribution in [-0.4, -0.2) is 63.8 Å². The molecular formula is C24H32N2O4S. The van der Waals surface area contributed by atoms with Crippen LogP contribution >= 0.6 is 11.8 Å². The van der Waals surface area contributed by atoms with Crippen LogP contribution < -0.4 is 4.74 Å². The monoisotopic (exact) mass is 444 g/mol. The second-order valence-electron chi connectivity index (χ2n) is 8.74. The van der Waals surface area contributed by atoms with Gasteiger partial charge < -0.3 is 19.8 Å². The van der Waals surface area contributed by atoms with Gasteiger partial charge in [-0.15, -0.1) is 0 Å². The van der Waals surface area contributed by atoms with Crippen molar-refractivity contribution in [3.63, 3.8) is 0 Å². The standard InChI is InChI=1S/C24H32N2O4S/c1-30-17-3-6-22-20(14-17)19(8-10-25-22)23(27)7-2-16-9-11-26(15-21(16)24(28)29)12-13-31-18-4-5-18/h3,6,8,10,14,16,18,21,23,27H,2,4-5,7,9,11-13,15H2,1H3,(H,28,29)/t16-,21+,23+/m1/s1. The maximum atomic E-state index is 11.9. The van der Waals surface area contributed by atoms with E-state index < -0.39 is 12.1 Å². The average molecular weight is 445 g/mol. The lowest BCUT2D eigenvalue weighted by atomic mass is 9.81. The highest BCUT2D eigenvalue weighted by Crippen LogP contribution is 2.35. The molecule has 1 saturated heterocycles. The highest BCUT2D eigenvalue weighted by atomic mass is 32.2. The number of ether oxygens (including phenoxy) is 1. The number of aliphatic hydroxyl groups excluding tert-OH is 1. The Morgan fingerprint density at radius 2 is 2.16 bits per heavy atom. The number of methoxy groups -OCH3 is 1. The number of piperidine rings is 1. The third-order valence-corrected chi connectivity index (χ3v) is 7.96. The fraction of sp³-hybridized carbons (Fsp3) is 0.583. The van der Waals surface area contributed by atoms with Crippen molar-refractivity contribution in [2.45, 2.75) is 43.5 Å². The van der Waals surface area contributed by atoms with Gasteiger partial charge in [-0.25, -0.2) is 0 Å². The summed E-state index contributed by atoms with van der Waals surface area (Å²) in [6.45, 7) is 2.55. The number of rotatable bonds is 10. The Bertz CT molecular complexity index is 904. The first kappa shape index (κ1) is 22.4. The Hall–Kier alpha value is -1.83. The smallest absolute Gasteiger partial charge is 0.308 e. The van der Waals surface area contributed by atoms with E-state index in [-0.39, 0.29) is 11.8 Å². The molecule has 1 aromatic carbocycles. The zero-order chi connectivity index (χ0) is 21.8. The maximum Gasteiger partial charge on any atom is 0.308 e. The number of thioether (sulfide) groups is 1. The third-order valence-electron chi connectivity index (χ3n) is 6.60. The molecule has 6 nitrogen and oxygen atoms in total. The van der Waals surface area contributed by atoms with Crippen molar-refractivity contribution in [1.82, 2.24) is 9.88 Å². The van der Waals surface area contributed by atoms with E-state index in [0.717, 1.165) is 52.7 Å². The summed E-state index contributed by atoms with van der Waals surface area (Å²) in [6.07, 6.45) is 5.87. The summed E-state index contributed by atoms with van der Waals surface area (Å²) < 4.78 is 5.33. The molecule has 4 rings (SSSR count). The number of nitrogens with zero attached hydrogens (tertiary/aromatic N) is 2. The predicted molar refractivity (Wildman–Crippen MR) is 124 cm³/mol. The molecule has 1 aliphatic heterocycles. The van der Waals surface area contributed by atoms with Crippen LogP contribution in [0, 0.1) is 11.8 Å². The van der Waals surface area contributed by atoms with Crippen molar-refractivity contribution in [2.75, 3.05) is 32.5 Å². The van der Waals surface area contributed by atoms with Crippen LogP contribution in [-0.2, 0) is 4.79 Å². The Morgan fingerprint density at radius 1 is 1.32 bits per heavy atom. The maximum absolute atomic E-state index is 11.9. The number of carbonyl (C=O) groups is 1. The van der Waals surface area contributed by atoms with E-state index in [1.54, 1.807) is 13.3 Å². The van der Waals surface area contributed by atoms with Gasteiger partial charge in [-0.2, -0.15) is 11.8 Å². The lowest BCUT2D eigenvalue weighted by Crippen LogP contribution is -2.44. The molecule has 2 heterocycles. The van der Waals surface area contributed by atoms with Crippen LogP contribution in [0.15, 0.2) is 30.5 Å². The molecule has 2 aliphatic rings. The Balaban J connectivity index is 1.36. The molecule has 0 unspecified atom stereocenters. The minimum atomic E-state index is -0.710. The van der Waals surface area contributed by atoms with Crippen LogP contribution in [0.25, 0.3) is 10.9 Å². The molecule has 7 heteroatoms. The summed E-state index contributed by atoms with van der Waals surface area (Å²) in [5.74, 6) is 0.854. The Morgan fingerprint density at radius 3 is 2.90 bits per heavy atom. The van der Waals surface area contributed by atoms with Crippen LogP contribution in [0.4, 0.5) is 0 Å². The van der Waals surface area contributed by atoms with Gasteiger partial charge in [0.1, 0.15) is 5.75 Å². The van der Waals surface area contributed by atoms with Crippen molar-refractivity contribution < 1.29 is 19.7 Å². The second kappa shape index (κ2) is 10.2. The number of pyridine rings is 1. The summed E-state index contributed by atoms with van der Waals surface area (Å²) in [7, 11) is 1.62. The Kier molecular flexibility index (Phi) is 7.35. The average Bonchev–Trinajstić information content (AvgIpc) is 3.61. The molecule has 0 radical (unpaired) electrons. The van der Waals surface area contributed by atoms with Crippen LogP contribution in [0.3, 0.4) is 0 Å². The number of hydrogen-bond donors (Lipinski definition) is 2. The molecule has 168 valence electrons. The van der Waals surface area contributed by atoms with E-state index in [4.69, 9.17) is 4.74 Å². The van der Waals surface area contributed by atoms with Gasteiger partial charge in [0.05, 0.1) is 24.6 Å². The lowest BCUT2D eigenvalue weighted by molar-refractivity contribution is -0.146. The molecule has 0 bridgehead atoms. The topological polar surface area (TPSA) is 82.9 Å². The molecule has 3 atom stereocenters. The van der Waals surface area contributed by atoms with Gasteiger partial charge in [-0.1, -0.05) is 0 Å². The molecule has 1 aliphatic carbocycles. The molecular weight excluding hydrogens is 412 g/mol. The number of benzene rings is 1. The first-order chi connectivity index (χ1) is 15.0. The van der Waals surface area contributed by atoms with Gasteiger partial charge in [0, 0.05) is 35.7 Å². The van der Waals surface area contributed by atoms with E-state index in [2.05, 4.69) is 9.88 Å². The van der Waals surface area contributed by atoms with Crippen LogP contribution in [0.2, 0.25) is 0 Å². The van der Waals surface area contributed by atoms with E-state index >= 15 is 0 Å². The molecule has 1 aromatic heterocycles. The zero-order valence-corrected chi connectivity index (χ0v) is 18.9. The number of carboxylic acids is 1. The van der Waals surface area contributed by atoms with Gasteiger partial charge in [0.15, 0.2) is 0 Å². The molecule has 31 heavy (non-hydrogen) atoms. The first-order valence-electron chi connectivity index (χ1n) is 11.2. The quantitative estimate of drug-likeness (QED) is 0.574. The van der Waals surface area contributed by atoms with Gasteiger partial charge in [-0.05, 0) is 74.4 Å². The molecule has 2 N–H and O–H groups in total. The number of fused-ring (bicyclic) bond motifs is 1. The molecule has 0 spiro atoms. The predicted octanol–water partition coefficient (Wildman–Crippen LogP) is 3.98. The van der Waals surface area contributed by atoms with Crippen molar-refractivity contribution in [2.24, 2.45) is 11.8 Å². The zero-order valence-electron chi connectivity index (χ0n) is 18.1. The summed E-state index contributed by atoms with van der Waals surface area (Å²) in [6, 6.07) is 7.50. The SMILES string of the molecule is COc1ccc2nccc([C@@H](O)CC[C@@H]3CCN(CCSC4CC4)C[C@@H]3C(=O)O)c2c1. The number of aromatic nitrogens is 1.